The first-order chi connectivity index (χ1) is 12.9. The summed E-state index contributed by atoms with van der Waals surface area (Å²) >= 11 is 0. The van der Waals surface area contributed by atoms with Crippen molar-refractivity contribution in [2.45, 2.75) is 58.9 Å². The molecule has 0 aliphatic rings. The SMILES string of the molecule is CC[N+](C)(C)CCCCCCCC[N@@+](C)(CC)Cc1cc2ccccc2o1. The minimum absolute atomic E-state index is 0.995. The zero-order valence-corrected chi connectivity index (χ0v) is 18.5. The van der Waals surface area contributed by atoms with E-state index in [9.17, 15) is 0 Å². The highest BCUT2D eigenvalue weighted by Gasteiger charge is 2.21. The molecule has 2 aromatic rings. The third-order valence-corrected chi connectivity index (χ3v) is 6.35. The standard InChI is InChI=1S/C24H42N2O/c1-6-25(3,4)18-14-10-8-9-11-15-19-26(5,7-2)21-23-20-22-16-12-13-17-24(22)27-23/h12-13,16-17,20H,6-11,14-15,18-19,21H2,1-5H3/q+2/t26-/m1/s1. The number of benzene rings is 1. The van der Waals surface area contributed by atoms with Crippen molar-refractivity contribution in [3.8, 4) is 0 Å². The Bertz CT molecular complexity index is 643. The van der Waals surface area contributed by atoms with Gasteiger partial charge in [0.2, 0.25) is 0 Å². The van der Waals surface area contributed by atoms with E-state index < -0.39 is 0 Å². The van der Waals surface area contributed by atoms with Crippen molar-refractivity contribution in [3.05, 3.63) is 36.1 Å². The Hall–Kier alpha value is -1.32. The lowest BCUT2D eigenvalue weighted by atomic mass is 10.1. The van der Waals surface area contributed by atoms with Gasteiger partial charge >= 0.3 is 0 Å². The summed E-state index contributed by atoms with van der Waals surface area (Å²) in [5, 5.41) is 1.22. The van der Waals surface area contributed by atoms with Crippen molar-refractivity contribution in [1.82, 2.24) is 0 Å². The third kappa shape index (κ3) is 7.31. The molecule has 27 heavy (non-hydrogen) atoms. The maximum absolute atomic E-state index is 6.06. The lowest BCUT2D eigenvalue weighted by molar-refractivity contribution is -0.922. The predicted molar refractivity (Wildman–Crippen MR) is 117 cm³/mol. The van der Waals surface area contributed by atoms with Gasteiger partial charge in [-0.15, -0.1) is 0 Å². The monoisotopic (exact) mass is 374 g/mol. The van der Waals surface area contributed by atoms with Crippen LogP contribution in [0.1, 0.15) is 58.1 Å². The van der Waals surface area contributed by atoms with Crippen LogP contribution in [0.5, 0.6) is 0 Å². The van der Waals surface area contributed by atoms with E-state index in [-0.39, 0.29) is 0 Å². The van der Waals surface area contributed by atoms with Gasteiger partial charge in [-0.3, -0.25) is 0 Å². The van der Waals surface area contributed by atoms with E-state index in [2.05, 4.69) is 59.3 Å². The van der Waals surface area contributed by atoms with Gasteiger partial charge in [0, 0.05) is 5.39 Å². The van der Waals surface area contributed by atoms with Gasteiger partial charge in [0.15, 0.2) is 5.76 Å². The van der Waals surface area contributed by atoms with Crippen LogP contribution in [-0.2, 0) is 6.54 Å². The van der Waals surface area contributed by atoms with E-state index in [1.54, 1.807) is 0 Å². The van der Waals surface area contributed by atoms with Gasteiger partial charge in [0.25, 0.3) is 0 Å². The Kier molecular flexibility index (Phi) is 8.37. The van der Waals surface area contributed by atoms with Crippen LogP contribution in [0.2, 0.25) is 0 Å². The van der Waals surface area contributed by atoms with Crippen molar-refractivity contribution in [2.24, 2.45) is 0 Å². The topological polar surface area (TPSA) is 13.1 Å². The second-order valence-corrected chi connectivity index (χ2v) is 9.16. The maximum Gasteiger partial charge on any atom is 0.159 e. The minimum atomic E-state index is 0.995. The van der Waals surface area contributed by atoms with Gasteiger partial charge in [0.1, 0.15) is 12.1 Å². The van der Waals surface area contributed by atoms with Crippen molar-refractivity contribution in [1.29, 1.82) is 0 Å². The first-order valence-electron chi connectivity index (χ1n) is 11.0. The molecule has 0 spiro atoms. The molecule has 0 aliphatic carbocycles. The van der Waals surface area contributed by atoms with E-state index in [4.69, 9.17) is 4.42 Å². The number of hydrogen-bond acceptors (Lipinski definition) is 1. The second kappa shape index (κ2) is 10.3. The zero-order chi connectivity index (χ0) is 19.8. The molecule has 2 rings (SSSR count). The van der Waals surface area contributed by atoms with E-state index in [0.29, 0.717) is 0 Å². The molecule has 3 nitrogen and oxygen atoms in total. The quantitative estimate of drug-likeness (QED) is 0.317. The van der Waals surface area contributed by atoms with Crippen LogP contribution in [0.3, 0.4) is 0 Å². The lowest BCUT2D eigenvalue weighted by Gasteiger charge is -2.32. The fourth-order valence-electron chi connectivity index (χ4n) is 3.74. The summed E-state index contributed by atoms with van der Waals surface area (Å²) in [6.45, 7) is 10.5. The Morgan fingerprint density at radius 1 is 0.778 bits per heavy atom. The Labute approximate surface area is 167 Å². The molecule has 3 heteroatoms. The molecular weight excluding hydrogens is 332 g/mol. The summed E-state index contributed by atoms with van der Waals surface area (Å²) in [6.07, 6.45) is 8.22. The lowest BCUT2D eigenvalue weighted by Crippen LogP contribution is -2.43. The van der Waals surface area contributed by atoms with Gasteiger partial charge in [-0.25, -0.2) is 0 Å². The maximum atomic E-state index is 6.06. The molecule has 0 saturated heterocycles. The van der Waals surface area contributed by atoms with E-state index in [0.717, 1.165) is 33.4 Å². The molecule has 0 saturated carbocycles. The second-order valence-electron chi connectivity index (χ2n) is 9.16. The van der Waals surface area contributed by atoms with Crippen LogP contribution >= 0.6 is 0 Å². The van der Waals surface area contributed by atoms with Crippen LogP contribution in [0.4, 0.5) is 0 Å². The van der Waals surface area contributed by atoms with E-state index in [1.807, 2.05) is 6.07 Å². The minimum Gasteiger partial charge on any atom is -0.455 e. The molecule has 152 valence electrons. The largest absolute Gasteiger partial charge is 0.455 e. The smallest absolute Gasteiger partial charge is 0.159 e. The van der Waals surface area contributed by atoms with Crippen molar-refractivity contribution < 1.29 is 13.4 Å². The van der Waals surface area contributed by atoms with Crippen LogP contribution in [0.25, 0.3) is 11.0 Å². The number of rotatable bonds is 13. The number of unbranched alkanes of at least 4 members (excludes halogenated alkanes) is 5. The molecule has 1 atom stereocenters. The average molecular weight is 375 g/mol. The number of fused-ring (bicyclic) bond motifs is 1. The average Bonchev–Trinajstić information content (AvgIpc) is 3.05. The Morgan fingerprint density at radius 2 is 1.41 bits per heavy atom. The zero-order valence-electron chi connectivity index (χ0n) is 18.5. The molecule has 0 unspecified atom stereocenters. The Balaban J connectivity index is 1.67. The van der Waals surface area contributed by atoms with Gasteiger partial charge in [-0.2, -0.15) is 0 Å². The van der Waals surface area contributed by atoms with Crippen LogP contribution in [-0.4, -0.2) is 56.3 Å². The summed E-state index contributed by atoms with van der Waals surface area (Å²) in [7, 11) is 7.05. The summed E-state index contributed by atoms with van der Waals surface area (Å²) in [5.74, 6) is 1.12. The first-order valence-corrected chi connectivity index (χ1v) is 11.0. The molecule has 0 bridgehead atoms. The Morgan fingerprint density at radius 3 is 2.04 bits per heavy atom. The van der Waals surface area contributed by atoms with Crippen LogP contribution in [0, 0.1) is 0 Å². The highest BCUT2D eigenvalue weighted by molar-refractivity contribution is 5.77. The third-order valence-electron chi connectivity index (χ3n) is 6.35. The van der Waals surface area contributed by atoms with Crippen molar-refractivity contribution >= 4 is 11.0 Å². The van der Waals surface area contributed by atoms with E-state index >= 15 is 0 Å². The van der Waals surface area contributed by atoms with Crippen LogP contribution < -0.4 is 0 Å². The van der Waals surface area contributed by atoms with E-state index in [1.165, 1.54) is 63.5 Å². The molecule has 0 aliphatic heterocycles. The number of quaternary nitrogens is 2. The summed E-state index contributed by atoms with van der Waals surface area (Å²) in [4.78, 5) is 0. The van der Waals surface area contributed by atoms with Gasteiger partial charge in [-0.05, 0) is 51.7 Å². The molecule has 1 aromatic carbocycles. The first kappa shape index (κ1) is 22.0. The molecule has 0 amide bonds. The molecule has 0 radical (unpaired) electrons. The molecular formula is C24H42N2O+2. The molecule has 0 fully saturated rings. The number of para-hydroxylation sites is 1. The van der Waals surface area contributed by atoms with Crippen LogP contribution in [0.15, 0.2) is 34.7 Å². The molecule has 1 aromatic heterocycles. The van der Waals surface area contributed by atoms with Crippen molar-refractivity contribution in [2.75, 3.05) is 47.3 Å². The van der Waals surface area contributed by atoms with Gasteiger partial charge < -0.3 is 13.4 Å². The summed E-state index contributed by atoms with van der Waals surface area (Å²) in [6, 6.07) is 10.6. The summed E-state index contributed by atoms with van der Waals surface area (Å²) < 4.78 is 8.29. The molecule has 0 N–H and O–H groups in total. The number of furan rings is 1. The fraction of sp³-hybridized carbons (Fsp3) is 0.667. The fourth-order valence-corrected chi connectivity index (χ4v) is 3.74. The van der Waals surface area contributed by atoms with Crippen molar-refractivity contribution in [3.63, 3.8) is 0 Å². The summed E-state index contributed by atoms with van der Waals surface area (Å²) in [5.41, 5.74) is 1.01. The number of hydrogen-bond donors (Lipinski definition) is 0. The highest BCUT2D eigenvalue weighted by Crippen LogP contribution is 2.22. The normalized spacial score (nSPS) is 14.6. The predicted octanol–water partition coefficient (Wildman–Crippen LogP) is 5.84. The number of nitrogens with zero attached hydrogens (tertiary/aromatic N) is 2. The highest BCUT2D eigenvalue weighted by atomic mass is 16.3. The van der Waals surface area contributed by atoms with Gasteiger partial charge in [0.05, 0.1) is 47.3 Å². The van der Waals surface area contributed by atoms with Gasteiger partial charge in [-0.1, -0.05) is 31.0 Å². The molecule has 1 heterocycles.